The first-order valence-corrected chi connectivity index (χ1v) is 19.8. The van der Waals surface area contributed by atoms with E-state index in [4.69, 9.17) is 15.0 Å². The van der Waals surface area contributed by atoms with Crippen molar-refractivity contribution < 1.29 is 0 Å². The summed E-state index contributed by atoms with van der Waals surface area (Å²) >= 11 is 0. The van der Waals surface area contributed by atoms with Gasteiger partial charge >= 0.3 is 0 Å². The van der Waals surface area contributed by atoms with Gasteiger partial charge in [-0.05, 0) is 65.9 Å². The molecular formula is C53H36N6. The summed E-state index contributed by atoms with van der Waals surface area (Å²) in [5.41, 5.74) is 15.2. The largest absolute Gasteiger partial charge is 0.335 e. The maximum absolute atomic E-state index is 5.02. The van der Waals surface area contributed by atoms with Crippen LogP contribution >= 0.6 is 0 Å². The zero-order valence-corrected chi connectivity index (χ0v) is 32.1. The van der Waals surface area contributed by atoms with Gasteiger partial charge in [-0.3, -0.25) is 4.99 Å². The highest BCUT2D eigenvalue weighted by Gasteiger charge is 2.28. The summed E-state index contributed by atoms with van der Waals surface area (Å²) in [5, 5.41) is 2.44. The highest BCUT2D eigenvalue weighted by atomic mass is 15.2. The molecule has 0 bridgehead atoms. The Morgan fingerprint density at radius 3 is 1.76 bits per heavy atom. The first-order chi connectivity index (χ1) is 29.2. The molecule has 2 aromatic heterocycles. The molecule has 0 N–H and O–H groups in total. The molecule has 8 aromatic carbocycles. The molecule has 278 valence electrons. The van der Waals surface area contributed by atoms with Crippen molar-refractivity contribution in [3.05, 3.63) is 200 Å². The Balaban J connectivity index is 1.07. The van der Waals surface area contributed by atoms with Crippen molar-refractivity contribution in [2.45, 2.75) is 6.54 Å². The molecule has 59 heavy (non-hydrogen) atoms. The number of hydrogen-bond donors (Lipinski definition) is 0. The molecular weight excluding hydrogens is 721 g/mol. The van der Waals surface area contributed by atoms with Gasteiger partial charge in [0.1, 0.15) is 0 Å². The van der Waals surface area contributed by atoms with Crippen molar-refractivity contribution in [3.63, 3.8) is 0 Å². The van der Waals surface area contributed by atoms with E-state index in [2.05, 4.69) is 143 Å². The molecule has 11 rings (SSSR count). The van der Waals surface area contributed by atoms with Crippen molar-refractivity contribution in [1.29, 1.82) is 0 Å². The molecule has 0 aliphatic carbocycles. The van der Waals surface area contributed by atoms with Crippen molar-refractivity contribution >= 4 is 45.6 Å². The monoisotopic (exact) mass is 756 g/mol. The van der Waals surface area contributed by atoms with Gasteiger partial charge in [0.05, 0.1) is 29.0 Å². The molecule has 0 fully saturated rings. The predicted octanol–water partition coefficient (Wildman–Crippen LogP) is 13.3. The average Bonchev–Trinajstić information content (AvgIpc) is 3.66. The lowest BCUT2D eigenvalue weighted by molar-refractivity contribution is 0.961. The van der Waals surface area contributed by atoms with Gasteiger partial charge in [0.15, 0.2) is 17.5 Å². The molecule has 1 aliphatic heterocycles. The van der Waals surface area contributed by atoms with Crippen molar-refractivity contribution in [1.82, 2.24) is 19.5 Å². The van der Waals surface area contributed by atoms with Crippen LogP contribution in [0.15, 0.2) is 199 Å². The number of aliphatic imine (C=N–C) groups is 1. The lowest BCUT2D eigenvalue weighted by Crippen LogP contribution is -2.22. The minimum Gasteiger partial charge on any atom is -0.335 e. The number of para-hydroxylation sites is 4. The third-order valence-corrected chi connectivity index (χ3v) is 11.3. The van der Waals surface area contributed by atoms with Gasteiger partial charge in [0, 0.05) is 50.0 Å². The zero-order valence-electron chi connectivity index (χ0n) is 32.1. The van der Waals surface area contributed by atoms with E-state index in [9.17, 15) is 0 Å². The van der Waals surface area contributed by atoms with Crippen LogP contribution in [-0.4, -0.2) is 26.2 Å². The summed E-state index contributed by atoms with van der Waals surface area (Å²) in [7, 11) is 0. The first-order valence-electron chi connectivity index (χ1n) is 19.8. The maximum Gasteiger partial charge on any atom is 0.164 e. The zero-order chi connectivity index (χ0) is 39.3. The lowest BCUT2D eigenvalue weighted by atomic mass is 9.91. The van der Waals surface area contributed by atoms with Gasteiger partial charge < -0.3 is 9.47 Å². The quantitative estimate of drug-likeness (QED) is 0.152. The normalized spacial score (nSPS) is 12.0. The maximum atomic E-state index is 5.02. The number of aromatic nitrogens is 4. The van der Waals surface area contributed by atoms with E-state index in [1.165, 1.54) is 33.0 Å². The van der Waals surface area contributed by atoms with E-state index < -0.39 is 0 Å². The average molecular weight is 757 g/mol. The van der Waals surface area contributed by atoms with E-state index in [-0.39, 0.29) is 0 Å². The van der Waals surface area contributed by atoms with Crippen LogP contribution in [0.5, 0.6) is 0 Å². The van der Waals surface area contributed by atoms with Crippen molar-refractivity contribution in [2.75, 3.05) is 4.90 Å². The van der Waals surface area contributed by atoms with Gasteiger partial charge in [0.25, 0.3) is 0 Å². The van der Waals surface area contributed by atoms with E-state index in [1.807, 2.05) is 72.8 Å². The van der Waals surface area contributed by atoms with Crippen molar-refractivity contribution in [2.24, 2.45) is 4.99 Å². The van der Waals surface area contributed by atoms with Gasteiger partial charge in [-0.2, -0.15) is 0 Å². The summed E-state index contributed by atoms with van der Waals surface area (Å²) in [6.45, 7) is 4.59. The minimum absolute atomic E-state index is 0.628. The molecule has 0 atom stereocenters. The molecule has 10 aromatic rings. The van der Waals surface area contributed by atoms with Crippen LogP contribution in [0.3, 0.4) is 0 Å². The van der Waals surface area contributed by atoms with Gasteiger partial charge in [-0.1, -0.05) is 152 Å². The Morgan fingerprint density at radius 1 is 0.441 bits per heavy atom. The molecule has 0 saturated heterocycles. The summed E-state index contributed by atoms with van der Waals surface area (Å²) in [4.78, 5) is 21.8. The van der Waals surface area contributed by atoms with Crippen LogP contribution in [0.4, 0.5) is 17.1 Å². The number of benzene rings is 8. The topological polar surface area (TPSA) is 59.2 Å². The lowest BCUT2D eigenvalue weighted by Gasteiger charge is -2.34. The Hall–Kier alpha value is -7.96. The third-order valence-electron chi connectivity index (χ3n) is 11.3. The van der Waals surface area contributed by atoms with Crippen LogP contribution < -0.4 is 4.90 Å². The fourth-order valence-electron chi connectivity index (χ4n) is 8.63. The molecule has 0 saturated carbocycles. The van der Waals surface area contributed by atoms with Crippen LogP contribution in [-0.2, 0) is 6.54 Å². The SMILES string of the molecule is C=Nc1ccccc1N1Cc2c(ccc3c4ccccc4n(-c4cccc(-c5cccc(-c6nc(-c7ccccc7)nc(-c7ccccc7)n6)c5)c4)c23)-c2ccccc21. The Bertz CT molecular complexity index is 3170. The highest BCUT2D eigenvalue weighted by Crippen LogP contribution is 2.48. The van der Waals surface area contributed by atoms with E-state index in [0.29, 0.717) is 24.0 Å². The molecule has 0 spiro atoms. The minimum atomic E-state index is 0.628. The molecule has 0 unspecified atom stereocenters. The van der Waals surface area contributed by atoms with Crippen LogP contribution in [0.25, 0.3) is 83.9 Å². The van der Waals surface area contributed by atoms with Gasteiger partial charge in [0.2, 0.25) is 0 Å². The number of nitrogens with zero attached hydrogens (tertiary/aromatic N) is 6. The van der Waals surface area contributed by atoms with Gasteiger partial charge in [-0.15, -0.1) is 0 Å². The number of anilines is 2. The smallest absolute Gasteiger partial charge is 0.164 e. The second-order valence-electron chi connectivity index (χ2n) is 14.8. The van der Waals surface area contributed by atoms with E-state index >= 15 is 0 Å². The predicted molar refractivity (Wildman–Crippen MR) is 243 cm³/mol. The highest BCUT2D eigenvalue weighted by molar-refractivity contribution is 6.13. The number of hydrogen-bond acceptors (Lipinski definition) is 5. The van der Waals surface area contributed by atoms with Gasteiger partial charge in [-0.25, -0.2) is 15.0 Å². The molecule has 3 heterocycles. The Labute approximate surface area is 342 Å². The third kappa shape index (κ3) is 5.89. The summed E-state index contributed by atoms with van der Waals surface area (Å²) in [6, 6.07) is 67.8. The fourth-order valence-corrected chi connectivity index (χ4v) is 8.63. The van der Waals surface area contributed by atoms with E-state index in [0.717, 1.165) is 56.1 Å². The second kappa shape index (κ2) is 14.2. The molecule has 6 nitrogen and oxygen atoms in total. The fraction of sp³-hybridized carbons (Fsp3) is 0.0189. The summed E-state index contributed by atoms with van der Waals surface area (Å²) in [5.74, 6) is 1.91. The summed E-state index contributed by atoms with van der Waals surface area (Å²) < 4.78 is 2.45. The van der Waals surface area contributed by atoms with Crippen molar-refractivity contribution in [3.8, 4) is 62.1 Å². The second-order valence-corrected chi connectivity index (χ2v) is 14.8. The Kier molecular flexibility index (Phi) is 8.26. The standard InChI is InChI=1S/C53H36N6/c1-54-46-26-10-13-29-49(46)58-34-45-41(42-24-8-11-27-47(42)58)30-31-44-43-25-9-12-28-48(43)59(50(44)45)40-23-15-21-38(33-40)37-20-14-22-39(32-37)53-56-51(35-16-4-2-5-17-35)55-52(57-53)36-18-6-3-7-19-36/h2-33H,1,34H2. The van der Waals surface area contributed by atoms with E-state index in [1.54, 1.807) is 0 Å². The number of rotatable bonds is 7. The molecule has 6 heteroatoms. The molecule has 1 aliphatic rings. The Morgan fingerprint density at radius 2 is 1.02 bits per heavy atom. The summed E-state index contributed by atoms with van der Waals surface area (Å²) in [6.07, 6.45) is 0. The first kappa shape index (κ1) is 34.3. The molecule has 0 amide bonds. The van der Waals surface area contributed by atoms with Crippen LogP contribution in [0.1, 0.15) is 5.56 Å². The molecule has 0 radical (unpaired) electrons. The number of fused-ring (bicyclic) bond motifs is 7. The van der Waals surface area contributed by atoms with Crippen LogP contribution in [0, 0.1) is 0 Å². The van der Waals surface area contributed by atoms with Crippen LogP contribution in [0.2, 0.25) is 0 Å².